The second kappa shape index (κ2) is 4.33. The molecule has 0 unspecified atom stereocenters. The third kappa shape index (κ3) is 3.36. The highest BCUT2D eigenvalue weighted by Crippen LogP contribution is 1.93. The van der Waals surface area contributed by atoms with Gasteiger partial charge in [0, 0.05) is 5.57 Å². The fraction of sp³-hybridized carbons (Fsp3) is 0.400. The van der Waals surface area contributed by atoms with Crippen LogP contribution in [0.4, 0.5) is 0 Å². The minimum Gasteiger partial charge on any atom is -0.478 e. The number of hydrogen-bond acceptors (Lipinski definition) is 1. The van der Waals surface area contributed by atoms with Gasteiger partial charge in [0.25, 0.3) is 0 Å². The monoisotopic (exact) mass is 118 g/mol. The van der Waals surface area contributed by atoms with E-state index in [-0.39, 0.29) is 11.0 Å². The molecule has 0 spiro atoms. The Morgan fingerprint density at radius 2 is 2.12 bits per heavy atom. The smallest absolute Gasteiger partial charge is 0.330 e. The highest BCUT2D eigenvalue weighted by molar-refractivity contribution is 5.85. The SMILES string of the molecule is C=C(CC)C(=O)O.O. The molecule has 0 saturated heterocycles. The Labute approximate surface area is 47.9 Å². The number of carboxylic acids is 1. The maximum Gasteiger partial charge on any atom is 0.330 e. The van der Waals surface area contributed by atoms with Crippen LogP contribution in [0.2, 0.25) is 0 Å². The highest BCUT2D eigenvalue weighted by Gasteiger charge is 1.96. The van der Waals surface area contributed by atoms with Crippen molar-refractivity contribution in [3.05, 3.63) is 12.2 Å². The van der Waals surface area contributed by atoms with E-state index >= 15 is 0 Å². The van der Waals surface area contributed by atoms with Crippen LogP contribution in [0.3, 0.4) is 0 Å². The van der Waals surface area contributed by atoms with E-state index in [1.54, 1.807) is 6.92 Å². The molecule has 0 atom stereocenters. The highest BCUT2D eigenvalue weighted by atomic mass is 16.4. The number of hydrogen-bond donors (Lipinski definition) is 1. The molecule has 0 radical (unpaired) electrons. The lowest BCUT2D eigenvalue weighted by Gasteiger charge is -1.87. The Balaban J connectivity index is 0. The third-order valence-electron chi connectivity index (χ3n) is 0.729. The zero-order chi connectivity index (χ0) is 5.86. The van der Waals surface area contributed by atoms with Crippen LogP contribution in [-0.2, 0) is 4.79 Å². The molecule has 0 aromatic heterocycles. The van der Waals surface area contributed by atoms with Gasteiger partial charge >= 0.3 is 5.97 Å². The molecule has 0 amide bonds. The van der Waals surface area contributed by atoms with Gasteiger partial charge in [0.1, 0.15) is 0 Å². The summed E-state index contributed by atoms with van der Waals surface area (Å²) in [6, 6.07) is 0. The van der Waals surface area contributed by atoms with Crippen LogP contribution in [0, 0.1) is 0 Å². The van der Waals surface area contributed by atoms with E-state index in [1.165, 1.54) is 0 Å². The van der Waals surface area contributed by atoms with Crippen LogP contribution < -0.4 is 0 Å². The lowest BCUT2D eigenvalue weighted by Crippen LogP contribution is -1.95. The summed E-state index contributed by atoms with van der Waals surface area (Å²) in [5.74, 6) is -0.900. The van der Waals surface area contributed by atoms with E-state index in [0.717, 1.165) is 0 Å². The summed E-state index contributed by atoms with van der Waals surface area (Å²) in [6.07, 6.45) is 0.523. The summed E-state index contributed by atoms with van der Waals surface area (Å²) >= 11 is 0. The summed E-state index contributed by atoms with van der Waals surface area (Å²) in [7, 11) is 0. The average Bonchev–Trinajstić information content (AvgIpc) is 1.65. The summed E-state index contributed by atoms with van der Waals surface area (Å²) in [5, 5.41) is 8.08. The molecule has 0 bridgehead atoms. The molecule has 0 heterocycles. The van der Waals surface area contributed by atoms with Crippen LogP contribution in [0.1, 0.15) is 13.3 Å². The van der Waals surface area contributed by atoms with Crippen LogP contribution in [-0.4, -0.2) is 16.6 Å². The quantitative estimate of drug-likeness (QED) is 0.526. The van der Waals surface area contributed by atoms with Crippen molar-refractivity contribution in [2.24, 2.45) is 0 Å². The Bertz CT molecular complexity index is 95.8. The number of aliphatic carboxylic acids is 1. The van der Waals surface area contributed by atoms with E-state index in [2.05, 4.69) is 6.58 Å². The van der Waals surface area contributed by atoms with Gasteiger partial charge in [-0.25, -0.2) is 4.79 Å². The second-order valence-corrected chi connectivity index (χ2v) is 1.26. The first-order valence-electron chi connectivity index (χ1n) is 2.09. The van der Waals surface area contributed by atoms with Crippen LogP contribution >= 0.6 is 0 Å². The van der Waals surface area contributed by atoms with E-state index < -0.39 is 5.97 Å². The van der Waals surface area contributed by atoms with Crippen LogP contribution in [0.15, 0.2) is 12.2 Å². The standard InChI is InChI=1S/C5H8O2.H2O/c1-3-4(2)5(6)7;/h2-3H2,1H3,(H,6,7);1H2. The van der Waals surface area contributed by atoms with Crippen molar-refractivity contribution in [2.75, 3.05) is 0 Å². The van der Waals surface area contributed by atoms with Crippen LogP contribution in [0.25, 0.3) is 0 Å². The first-order valence-corrected chi connectivity index (χ1v) is 2.09. The first-order chi connectivity index (χ1) is 3.18. The average molecular weight is 118 g/mol. The van der Waals surface area contributed by atoms with Gasteiger partial charge < -0.3 is 10.6 Å². The molecule has 0 aromatic carbocycles. The maximum atomic E-state index is 9.83. The summed E-state index contributed by atoms with van der Waals surface area (Å²) in [6.45, 7) is 5.03. The number of carbonyl (C=O) groups is 1. The van der Waals surface area contributed by atoms with E-state index in [1.807, 2.05) is 0 Å². The van der Waals surface area contributed by atoms with Gasteiger partial charge in [0.2, 0.25) is 0 Å². The molecule has 3 nitrogen and oxygen atoms in total. The van der Waals surface area contributed by atoms with Gasteiger partial charge in [-0.2, -0.15) is 0 Å². The molecule has 0 aliphatic heterocycles. The molecule has 3 heteroatoms. The van der Waals surface area contributed by atoms with Crippen molar-refractivity contribution in [3.63, 3.8) is 0 Å². The first kappa shape index (κ1) is 10.2. The number of carboxylic acid groups (broad SMARTS) is 1. The second-order valence-electron chi connectivity index (χ2n) is 1.26. The van der Waals surface area contributed by atoms with Crippen molar-refractivity contribution < 1.29 is 15.4 Å². The zero-order valence-electron chi connectivity index (χ0n) is 4.77. The molecule has 0 saturated carbocycles. The molecule has 0 aliphatic rings. The molecule has 0 fully saturated rings. The minimum absolute atomic E-state index is 0. The van der Waals surface area contributed by atoms with E-state index in [0.29, 0.717) is 6.42 Å². The summed E-state index contributed by atoms with van der Waals surface area (Å²) < 4.78 is 0. The lowest BCUT2D eigenvalue weighted by molar-refractivity contribution is -0.132. The van der Waals surface area contributed by atoms with Gasteiger partial charge in [0.15, 0.2) is 0 Å². The van der Waals surface area contributed by atoms with Crippen molar-refractivity contribution in [3.8, 4) is 0 Å². The van der Waals surface area contributed by atoms with Gasteiger partial charge in [-0.05, 0) is 6.42 Å². The fourth-order valence-corrected chi connectivity index (χ4v) is 0.151. The Morgan fingerprint density at radius 1 is 1.75 bits per heavy atom. The molecule has 0 rings (SSSR count). The van der Waals surface area contributed by atoms with Crippen molar-refractivity contribution >= 4 is 5.97 Å². The Hall–Kier alpha value is -0.830. The molecule has 3 N–H and O–H groups in total. The third-order valence-corrected chi connectivity index (χ3v) is 0.729. The summed E-state index contributed by atoms with van der Waals surface area (Å²) in [4.78, 5) is 9.83. The largest absolute Gasteiger partial charge is 0.478 e. The van der Waals surface area contributed by atoms with Gasteiger partial charge in [0.05, 0.1) is 0 Å². The molecular weight excluding hydrogens is 108 g/mol. The van der Waals surface area contributed by atoms with Crippen molar-refractivity contribution in [1.82, 2.24) is 0 Å². The molecular formula is C5H10O3. The topological polar surface area (TPSA) is 68.8 Å². The van der Waals surface area contributed by atoms with Gasteiger partial charge in [-0.3, -0.25) is 0 Å². The number of rotatable bonds is 2. The minimum atomic E-state index is -0.900. The Kier molecular flexibility index (Phi) is 5.53. The normalized spacial score (nSPS) is 7.12. The zero-order valence-corrected chi connectivity index (χ0v) is 4.77. The van der Waals surface area contributed by atoms with E-state index in [4.69, 9.17) is 5.11 Å². The molecule has 0 aromatic rings. The molecule has 8 heavy (non-hydrogen) atoms. The van der Waals surface area contributed by atoms with Gasteiger partial charge in [-0.1, -0.05) is 13.5 Å². The van der Waals surface area contributed by atoms with Crippen molar-refractivity contribution in [1.29, 1.82) is 0 Å². The maximum absolute atomic E-state index is 9.83. The molecule has 48 valence electrons. The van der Waals surface area contributed by atoms with E-state index in [9.17, 15) is 4.79 Å². The summed E-state index contributed by atoms with van der Waals surface area (Å²) in [5.41, 5.74) is 0.264. The lowest BCUT2D eigenvalue weighted by atomic mass is 10.2. The van der Waals surface area contributed by atoms with Crippen LogP contribution in [0.5, 0.6) is 0 Å². The predicted molar refractivity (Wildman–Crippen MR) is 30.7 cm³/mol. The van der Waals surface area contributed by atoms with Gasteiger partial charge in [-0.15, -0.1) is 0 Å². The predicted octanol–water partition coefficient (Wildman–Crippen LogP) is 0.213. The van der Waals surface area contributed by atoms with Crippen molar-refractivity contribution in [2.45, 2.75) is 13.3 Å². The molecule has 0 aliphatic carbocycles. The fourth-order valence-electron chi connectivity index (χ4n) is 0.151. The Morgan fingerprint density at radius 3 is 2.12 bits per heavy atom.